The smallest absolute Gasteiger partial charge is 0.269 e. The maximum atomic E-state index is 12.6. The fourth-order valence-electron chi connectivity index (χ4n) is 2.57. The number of thiophene rings is 1. The zero-order chi connectivity index (χ0) is 17.4. The van der Waals surface area contributed by atoms with Gasteiger partial charge in [0.1, 0.15) is 6.04 Å². The molecule has 2 heterocycles. The van der Waals surface area contributed by atoms with Crippen molar-refractivity contribution in [1.29, 1.82) is 0 Å². The topological polar surface area (TPSA) is 124 Å². The molecule has 0 fully saturated rings. The maximum Gasteiger partial charge on any atom is 0.270 e. The van der Waals surface area contributed by atoms with Crippen molar-refractivity contribution in [3.05, 3.63) is 71.9 Å². The van der Waals surface area contributed by atoms with Gasteiger partial charge in [-0.15, -0.1) is 11.3 Å². The molecule has 1 unspecified atom stereocenters. The average molecular weight is 347 g/mol. The van der Waals surface area contributed by atoms with Crippen LogP contribution in [0.5, 0.6) is 0 Å². The third kappa shape index (κ3) is 2.52. The first-order valence-electron chi connectivity index (χ1n) is 6.71. The molecule has 9 nitrogen and oxygen atoms in total. The molecule has 2 aromatic rings. The number of nitro benzene ring substituents is 1. The fourth-order valence-corrected chi connectivity index (χ4v) is 3.37. The summed E-state index contributed by atoms with van der Waals surface area (Å²) in [7, 11) is 0. The second-order valence-corrected chi connectivity index (χ2v) is 5.99. The number of rotatable bonds is 5. The average Bonchev–Trinajstić information content (AvgIpc) is 3.14. The van der Waals surface area contributed by atoms with Gasteiger partial charge in [0.25, 0.3) is 17.5 Å². The van der Waals surface area contributed by atoms with Gasteiger partial charge in [0, 0.05) is 21.9 Å². The molecule has 10 heteroatoms. The molecular formula is C14H9N3O6S. The highest BCUT2D eigenvalue weighted by Gasteiger charge is 2.43. The summed E-state index contributed by atoms with van der Waals surface area (Å²) < 4.78 is 0. The Balaban J connectivity index is 2.05. The van der Waals surface area contributed by atoms with E-state index in [1.54, 1.807) is 17.5 Å². The van der Waals surface area contributed by atoms with E-state index in [9.17, 15) is 29.8 Å². The van der Waals surface area contributed by atoms with Crippen molar-refractivity contribution in [2.75, 3.05) is 6.54 Å². The third-order valence-corrected chi connectivity index (χ3v) is 4.59. The van der Waals surface area contributed by atoms with Crippen molar-refractivity contribution in [2.24, 2.45) is 0 Å². The number of amides is 2. The quantitative estimate of drug-likeness (QED) is 0.464. The number of non-ortho nitro benzene ring substituents is 1. The van der Waals surface area contributed by atoms with E-state index in [-0.39, 0.29) is 16.8 Å². The zero-order valence-corrected chi connectivity index (χ0v) is 12.8. The highest BCUT2D eigenvalue weighted by atomic mass is 32.1. The zero-order valence-electron chi connectivity index (χ0n) is 11.9. The van der Waals surface area contributed by atoms with E-state index in [4.69, 9.17) is 0 Å². The van der Waals surface area contributed by atoms with Crippen LogP contribution in [0.25, 0.3) is 0 Å². The van der Waals surface area contributed by atoms with E-state index in [0.29, 0.717) is 4.88 Å². The molecule has 1 aliphatic heterocycles. The second-order valence-electron chi connectivity index (χ2n) is 5.01. The molecule has 0 aliphatic carbocycles. The van der Waals surface area contributed by atoms with E-state index >= 15 is 0 Å². The first kappa shape index (κ1) is 15.7. The minimum absolute atomic E-state index is 0.00973. The van der Waals surface area contributed by atoms with Gasteiger partial charge in [-0.25, -0.2) is 0 Å². The summed E-state index contributed by atoms with van der Waals surface area (Å²) in [6.07, 6.45) is 0. The summed E-state index contributed by atoms with van der Waals surface area (Å²) in [4.78, 5) is 46.9. The molecule has 122 valence electrons. The Morgan fingerprint density at radius 2 is 1.79 bits per heavy atom. The van der Waals surface area contributed by atoms with Gasteiger partial charge >= 0.3 is 0 Å². The van der Waals surface area contributed by atoms with Crippen molar-refractivity contribution in [1.82, 2.24) is 4.90 Å². The van der Waals surface area contributed by atoms with Crippen LogP contribution in [0.2, 0.25) is 0 Å². The van der Waals surface area contributed by atoms with Crippen molar-refractivity contribution in [3.8, 4) is 0 Å². The van der Waals surface area contributed by atoms with E-state index in [1.165, 1.54) is 17.4 Å². The lowest BCUT2D eigenvalue weighted by Crippen LogP contribution is -2.37. The molecule has 0 saturated carbocycles. The van der Waals surface area contributed by atoms with Gasteiger partial charge in [0.2, 0.25) is 6.54 Å². The number of hydrogen-bond acceptors (Lipinski definition) is 7. The molecule has 1 atom stereocenters. The van der Waals surface area contributed by atoms with Gasteiger partial charge in [-0.05, 0) is 17.5 Å². The predicted octanol–water partition coefficient (Wildman–Crippen LogP) is 2.27. The SMILES string of the molecule is O=C1c2ccc([N+](=O)[O-])cc2C(=O)N1C(C[N+](=O)[O-])c1cccs1. The first-order chi connectivity index (χ1) is 11.4. The Bertz CT molecular complexity index is 863. The van der Waals surface area contributed by atoms with Crippen LogP contribution in [0, 0.1) is 20.2 Å². The largest absolute Gasteiger partial charge is 0.270 e. The van der Waals surface area contributed by atoms with E-state index in [1.807, 2.05) is 0 Å². The Hall–Kier alpha value is -3.14. The number of hydrogen-bond donors (Lipinski definition) is 0. The number of fused-ring (bicyclic) bond motifs is 1. The predicted molar refractivity (Wildman–Crippen MR) is 82.5 cm³/mol. The van der Waals surface area contributed by atoms with Gasteiger partial charge in [-0.1, -0.05) is 6.07 Å². The number of carbonyl (C=O) groups excluding carboxylic acids is 2. The number of nitrogens with zero attached hydrogens (tertiary/aromatic N) is 3. The maximum absolute atomic E-state index is 12.6. The molecule has 3 rings (SSSR count). The van der Waals surface area contributed by atoms with Gasteiger partial charge in [0.15, 0.2) is 0 Å². The molecular weight excluding hydrogens is 338 g/mol. The van der Waals surface area contributed by atoms with Crippen LogP contribution in [0.4, 0.5) is 5.69 Å². The number of imide groups is 1. The molecule has 24 heavy (non-hydrogen) atoms. The molecule has 1 aromatic heterocycles. The van der Waals surface area contributed by atoms with Crippen LogP contribution < -0.4 is 0 Å². The van der Waals surface area contributed by atoms with Crippen molar-refractivity contribution < 1.29 is 19.4 Å². The molecule has 0 N–H and O–H groups in total. The monoisotopic (exact) mass is 347 g/mol. The molecule has 2 amide bonds. The summed E-state index contributed by atoms with van der Waals surface area (Å²) in [5, 5.41) is 23.5. The van der Waals surface area contributed by atoms with Crippen LogP contribution in [0.3, 0.4) is 0 Å². The van der Waals surface area contributed by atoms with Gasteiger partial charge in [-0.2, -0.15) is 0 Å². The molecule has 0 bridgehead atoms. The summed E-state index contributed by atoms with van der Waals surface area (Å²) in [5.41, 5.74) is -0.423. The Kier molecular flexibility index (Phi) is 3.81. The van der Waals surface area contributed by atoms with Crippen LogP contribution >= 0.6 is 11.3 Å². The van der Waals surface area contributed by atoms with Crippen molar-refractivity contribution >= 4 is 28.8 Å². The molecule has 1 aromatic carbocycles. The summed E-state index contributed by atoms with van der Waals surface area (Å²) in [6, 6.07) is 5.56. The highest BCUT2D eigenvalue weighted by molar-refractivity contribution is 7.10. The Morgan fingerprint density at radius 3 is 2.38 bits per heavy atom. The van der Waals surface area contributed by atoms with Crippen LogP contribution in [-0.4, -0.2) is 33.1 Å². The lowest BCUT2D eigenvalue weighted by Gasteiger charge is -2.21. The van der Waals surface area contributed by atoms with Crippen molar-refractivity contribution in [2.45, 2.75) is 6.04 Å². The molecule has 0 spiro atoms. The number of nitro groups is 2. The minimum atomic E-state index is -1.05. The first-order valence-corrected chi connectivity index (χ1v) is 7.59. The van der Waals surface area contributed by atoms with Crippen LogP contribution in [0.1, 0.15) is 31.6 Å². The summed E-state index contributed by atoms with van der Waals surface area (Å²) >= 11 is 1.19. The van der Waals surface area contributed by atoms with E-state index in [0.717, 1.165) is 17.0 Å². The molecule has 0 saturated heterocycles. The highest BCUT2D eigenvalue weighted by Crippen LogP contribution is 2.34. The lowest BCUT2D eigenvalue weighted by atomic mass is 10.1. The molecule has 0 radical (unpaired) electrons. The summed E-state index contributed by atoms with van der Waals surface area (Å²) in [6.45, 7) is -0.631. The second kappa shape index (κ2) is 5.81. The van der Waals surface area contributed by atoms with Crippen LogP contribution in [-0.2, 0) is 0 Å². The third-order valence-electron chi connectivity index (χ3n) is 3.62. The Morgan fingerprint density at radius 1 is 1.08 bits per heavy atom. The standard InChI is InChI=1S/C14H9N3O6S/c18-13-9-4-3-8(17(22)23)6-10(9)14(19)16(13)11(7-15(20)21)12-2-1-5-24-12/h1-6,11H,7H2. The fraction of sp³-hybridized carbons (Fsp3) is 0.143. The van der Waals surface area contributed by atoms with Crippen LogP contribution in [0.15, 0.2) is 35.7 Å². The van der Waals surface area contributed by atoms with Gasteiger partial charge in [0.05, 0.1) is 16.1 Å². The summed E-state index contributed by atoms with van der Waals surface area (Å²) in [5.74, 6) is -1.45. The van der Waals surface area contributed by atoms with Crippen molar-refractivity contribution in [3.63, 3.8) is 0 Å². The molecule has 1 aliphatic rings. The van der Waals surface area contributed by atoms with E-state index < -0.39 is 34.2 Å². The lowest BCUT2D eigenvalue weighted by molar-refractivity contribution is -0.486. The van der Waals surface area contributed by atoms with Gasteiger partial charge in [-0.3, -0.25) is 34.7 Å². The number of benzene rings is 1. The Labute approximate surface area is 138 Å². The van der Waals surface area contributed by atoms with E-state index in [2.05, 4.69) is 0 Å². The van der Waals surface area contributed by atoms with Gasteiger partial charge < -0.3 is 0 Å². The number of carbonyl (C=O) groups is 2. The minimum Gasteiger partial charge on any atom is -0.269 e. The normalized spacial score (nSPS) is 14.6.